The lowest BCUT2D eigenvalue weighted by molar-refractivity contribution is -0.132. The van der Waals surface area contributed by atoms with Gasteiger partial charge in [0, 0.05) is 17.3 Å². The minimum Gasteiger partial charge on any atom is -0.507 e. The summed E-state index contributed by atoms with van der Waals surface area (Å²) >= 11 is 0. The molecule has 1 atom stereocenters. The van der Waals surface area contributed by atoms with Gasteiger partial charge >= 0.3 is 0 Å². The van der Waals surface area contributed by atoms with Crippen molar-refractivity contribution >= 4 is 23.1 Å². The lowest BCUT2D eigenvalue weighted by atomic mass is 9.93. The van der Waals surface area contributed by atoms with Gasteiger partial charge in [-0.25, -0.2) is 0 Å². The van der Waals surface area contributed by atoms with Crippen molar-refractivity contribution in [1.29, 1.82) is 0 Å². The first kappa shape index (κ1) is 21.2. The summed E-state index contributed by atoms with van der Waals surface area (Å²) in [6.45, 7) is 1.81. The first-order valence-electron chi connectivity index (χ1n) is 10.1. The molecule has 3 aromatic carbocycles. The Kier molecular flexibility index (Phi) is 5.69. The van der Waals surface area contributed by atoms with E-state index in [0.717, 1.165) is 5.56 Å². The maximum Gasteiger partial charge on any atom is 0.300 e. The van der Waals surface area contributed by atoms with Crippen LogP contribution in [-0.4, -0.2) is 31.0 Å². The SMILES string of the molecule is COc1cccc(N2C(=O)C(=O)/C(=C(\O)c3ccc(OC)cc3C)C2c2ccccc2)c1. The number of aliphatic hydroxyl groups is 1. The Bertz CT molecular complexity index is 1220. The fraction of sp³-hybridized carbons (Fsp3) is 0.154. The second-order valence-electron chi connectivity index (χ2n) is 7.46. The van der Waals surface area contributed by atoms with E-state index in [-0.39, 0.29) is 11.3 Å². The molecule has 6 heteroatoms. The van der Waals surface area contributed by atoms with Gasteiger partial charge in [0.15, 0.2) is 0 Å². The van der Waals surface area contributed by atoms with Gasteiger partial charge in [0.25, 0.3) is 11.7 Å². The van der Waals surface area contributed by atoms with E-state index in [9.17, 15) is 14.7 Å². The number of amides is 1. The number of carbonyl (C=O) groups is 2. The number of aryl methyl sites for hydroxylation is 1. The summed E-state index contributed by atoms with van der Waals surface area (Å²) in [5.74, 6) is -0.477. The molecule has 0 aliphatic carbocycles. The summed E-state index contributed by atoms with van der Waals surface area (Å²) in [6.07, 6.45) is 0. The summed E-state index contributed by atoms with van der Waals surface area (Å²) in [4.78, 5) is 27.8. The molecule has 1 fully saturated rings. The Morgan fingerprint density at radius 1 is 0.875 bits per heavy atom. The number of ketones is 1. The molecule has 0 spiro atoms. The number of hydrogen-bond donors (Lipinski definition) is 1. The predicted octanol–water partition coefficient (Wildman–Crippen LogP) is 4.64. The fourth-order valence-electron chi connectivity index (χ4n) is 3.98. The van der Waals surface area contributed by atoms with E-state index in [2.05, 4.69) is 0 Å². The first-order chi connectivity index (χ1) is 15.5. The average Bonchev–Trinajstić information content (AvgIpc) is 3.09. The van der Waals surface area contributed by atoms with E-state index < -0.39 is 17.7 Å². The molecule has 0 aromatic heterocycles. The average molecular weight is 429 g/mol. The highest BCUT2D eigenvalue weighted by molar-refractivity contribution is 6.51. The Morgan fingerprint density at radius 2 is 1.56 bits per heavy atom. The number of anilines is 1. The number of aliphatic hydroxyl groups excluding tert-OH is 1. The molecule has 6 nitrogen and oxygen atoms in total. The molecule has 1 heterocycles. The first-order valence-corrected chi connectivity index (χ1v) is 10.1. The smallest absolute Gasteiger partial charge is 0.300 e. The van der Waals surface area contributed by atoms with Gasteiger partial charge in [-0.2, -0.15) is 0 Å². The molecule has 0 saturated carbocycles. The molecule has 1 aliphatic rings. The van der Waals surface area contributed by atoms with E-state index in [1.807, 2.05) is 37.3 Å². The fourth-order valence-corrected chi connectivity index (χ4v) is 3.98. The van der Waals surface area contributed by atoms with Crippen LogP contribution in [0.1, 0.15) is 22.7 Å². The van der Waals surface area contributed by atoms with Crippen LogP contribution in [0.5, 0.6) is 11.5 Å². The van der Waals surface area contributed by atoms with Crippen molar-refractivity contribution in [1.82, 2.24) is 0 Å². The number of carbonyl (C=O) groups excluding carboxylic acids is 2. The van der Waals surface area contributed by atoms with Gasteiger partial charge in [0.05, 0.1) is 25.8 Å². The number of methoxy groups -OCH3 is 2. The van der Waals surface area contributed by atoms with E-state index in [1.165, 1.54) is 12.0 Å². The largest absolute Gasteiger partial charge is 0.507 e. The molecule has 162 valence electrons. The van der Waals surface area contributed by atoms with Crippen LogP contribution in [0.2, 0.25) is 0 Å². The third-order valence-electron chi connectivity index (χ3n) is 5.58. The molecular weight excluding hydrogens is 406 g/mol. The quantitative estimate of drug-likeness (QED) is 0.363. The zero-order chi connectivity index (χ0) is 22.8. The second kappa shape index (κ2) is 8.59. The van der Waals surface area contributed by atoms with Crippen molar-refractivity contribution < 1.29 is 24.2 Å². The Labute approximate surface area is 186 Å². The number of Topliss-reactive ketones (excluding diaryl/α,β-unsaturated/α-hetero) is 1. The zero-order valence-electron chi connectivity index (χ0n) is 18.0. The minimum absolute atomic E-state index is 0.0392. The summed E-state index contributed by atoms with van der Waals surface area (Å²) in [7, 11) is 3.09. The lowest BCUT2D eigenvalue weighted by Gasteiger charge is -2.25. The Hall–Kier alpha value is -4.06. The number of rotatable bonds is 5. The van der Waals surface area contributed by atoms with Gasteiger partial charge in [-0.1, -0.05) is 36.4 Å². The van der Waals surface area contributed by atoms with Crippen LogP contribution in [0, 0.1) is 6.92 Å². The van der Waals surface area contributed by atoms with Crippen LogP contribution in [0.3, 0.4) is 0 Å². The van der Waals surface area contributed by atoms with E-state index >= 15 is 0 Å². The number of benzene rings is 3. The third-order valence-corrected chi connectivity index (χ3v) is 5.58. The van der Waals surface area contributed by atoms with Gasteiger partial charge in [-0.15, -0.1) is 0 Å². The molecule has 1 aliphatic heterocycles. The molecular formula is C26H23NO5. The van der Waals surface area contributed by atoms with Gasteiger partial charge < -0.3 is 14.6 Å². The van der Waals surface area contributed by atoms with E-state index in [4.69, 9.17) is 9.47 Å². The van der Waals surface area contributed by atoms with Crippen LogP contribution in [-0.2, 0) is 9.59 Å². The Balaban J connectivity index is 1.94. The molecule has 0 radical (unpaired) electrons. The second-order valence-corrected chi connectivity index (χ2v) is 7.46. The van der Waals surface area contributed by atoms with E-state index in [1.54, 1.807) is 49.6 Å². The predicted molar refractivity (Wildman–Crippen MR) is 122 cm³/mol. The van der Waals surface area contributed by atoms with E-state index in [0.29, 0.717) is 28.3 Å². The van der Waals surface area contributed by atoms with Crippen LogP contribution in [0.25, 0.3) is 5.76 Å². The third kappa shape index (κ3) is 3.60. The molecule has 4 rings (SSSR count). The molecule has 1 unspecified atom stereocenters. The Morgan fingerprint density at radius 3 is 2.22 bits per heavy atom. The maximum atomic E-state index is 13.2. The molecule has 32 heavy (non-hydrogen) atoms. The highest BCUT2D eigenvalue weighted by atomic mass is 16.5. The van der Waals surface area contributed by atoms with Gasteiger partial charge in [-0.05, 0) is 48.4 Å². The van der Waals surface area contributed by atoms with Gasteiger partial charge in [-0.3, -0.25) is 14.5 Å². The van der Waals surface area contributed by atoms with Crippen LogP contribution >= 0.6 is 0 Å². The molecule has 3 aromatic rings. The van der Waals surface area contributed by atoms with Crippen LogP contribution in [0.4, 0.5) is 5.69 Å². The van der Waals surface area contributed by atoms with Gasteiger partial charge in [0.2, 0.25) is 0 Å². The summed E-state index contributed by atoms with van der Waals surface area (Å²) in [5.41, 5.74) is 2.45. The summed E-state index contributed by atoms with van der Waals surface area (Å²) in [6, 6.07) is 20.5. The topological polar surface area (TPSA) is 76.1 Å². The number of ether oxygens (including phenoxy) is 2. The summed E-state index contributed by atoms with van der Waals surface area (Å²) < 4.78 is 10.5. The summed E-state index contributed by atoms with van der Waals surface area (Å²) in [5, 5.41) is 11.3. The lowest BCUT2D eigenvalue weighted by Crippen LogP contribution is -2.29. The van der Waals surface area contributed by atoms with Crippen molar-refractivity contribution in [3.63, 3.8) is 0 Å². The van der Waals surface area contributed by atoms with Crippen molar-refractivity contribution in [2.24, 2.45) is 0 Å². The van der Waals surface area contributed by atoms with Crippen molar-refractivity contribution in [3.05, 3.63) is 95.1 Å². The van der Waals surface area contributed by atoms with Crippen molar-refractivity contribution in [3.8, 4) is 11.5 Å². The zero-order valence-corrected chi connectivity index (χ0v) is 18.0. The molecule has 1 saturated heterocycles. The van der Waals surface area contributed by atoms with Crippen molar-refractivity contribution in [2.45, 2.75) is 13.0 Å². The molecule has 1 N–H and O–H groups in total. The highest BCUT2D eigenvalue weighted by Crippen LogP contribution is 2.43. The number of hydrogen-bond acceptors (Lipinski definition) is 5. The van der Waals surface area contributed by atoms with Crippen LogP contribution in [0.15, 0.2) is 78.4 Å². The van der Waals surface area contributed by atoms with Crippen LogP contribution < -0.4 is 14.4 Å². The van der Waals surface area contributed by atoms with Gasteiger partial charge in [0.1, 0.15) is 17.3 Å². The van der Waals surface area contributed by atoms with Crippen molar-refractivity contribution in [2.75, 3.05) is 19.1 Å². The highest BCUT2D eigenvalue weighted by Gasteiger charge is 2.47. The molecule has 0 bridgehead atoms. The molecule has 1 amide bonds. The normalized spacial score (nSPS) is 17.5. The maximum absolute atomic E-state index is 13.2. The minimum atomic E-state index is -0.787. The number of nitrogens with zero attached hydrogens (tertiary/aromatic N) is 1. The standard InChI is InChI=1S/C26H23NO5/c1-16-14-20(32-3)12-13-21(16)24(28)22-23(17-8-5-4-6-9-17)27(26(30)25(22)29)18-10-7-11-19(15-18)31-2/h4-15,23,28H,1-3H3/b24-22-. The monoisotopic (exact) mass is 429 g/mol.